The van der Waals surface area contributed by atoms with Gasteiger partial charge in [0.15, 0.2) is 5.78 Å². The lowest BCUT2D eigenvalue weighted by atomic mass is 10.0. The van der Waals surface area contributed by atoms with Crippen LogP contribution < -0.4 is 10.1 Å². The van der Waals surface area contributed by atoms with Crippen molar-refractivity contribution in [1.29, 1.82) is 0 Å². The fourth-order valence-electron chi connectivity index (χ4n) is 2.82. The monoisotopic (exact) mass is 381 g/mol. The molecule has 0 saturated carbocycles. The zero-order valence-corrected chi connectivity index (χ0v) is 16.5. The number of hydrogen-bond acceptors (Lipinski definition) is 4. The highest BCUT2D eigenvalue weighted by atomic mass is 16.5. The topological polar surface area (TPSA) is 72.5 Å². The van der Waals surface area contributed by atoms with Crippen LogP contribution >= 0.6 is 0 Å². The van der Waals surface area contributed by atoms with Crippen LogP contribution in [0.15, 0.2) is 48.5 Å². The van der Waals surface area contributed by atoms with Gasteiger partial charge in [-0.3, -0.25) is 14.4 Å². The van der Waals surface area contributed by atoms with Crippen LogP contribution in [0.2, 0.25) is 0 Å². The van der Waals surface area contributed by atoms with E-state index in [0.717, 1.165) is 12.8 Å². The van der Waals surface area contributed by atoms with Crippen LogP contribution in [0.5, 0.6) is 5.75 Å². The summed E-state index contributed by atoms with van der Waals surface area (Å²) in [5, 5.41) is 2.62. The number of rotatable bonds is 10. The van der Waals surface area contributed by atoms with Crippen LogP contribution in [-0.4, -0.2) is 24.2 Å². The summed E-state index contributed by atoms with van der Waals surface area (Å²) in [5.74, 6) is -0.539. The molecule has 0 spiro atoms. The van der Waals surface area contributed by atoms with E-state index in [2.05, 4.69) is 12.2 Å². The minimum Gasteiger partial charge on any atom is -0.427 e. The molecular formula is C23H27NO4. The number of carbonyl (C=O) groups excluding carboxylic acids is 3. The Kier molecular flexibility index (Phi) is 8.40. The third-order valence-electron chi connectivity index (χ3n) is 4.38. The molecule has 28 heavy (non-hydrogen) atoms. The number of ether oxygens (including phenoxy) is 1. The smallest absolute Gasteiger partial charge is 0.308 e. The first-order chi connectivity index (χ1) is 13.5. The van der Waals surface area contributed by atoms with Gasteiger partial charge in [0.2, 0.25) is 0 Å². The van der Waals surface area contributed by atoms with Crippen LogP contribution in [0.4, 0.5) is 0 Å². The minimum atomic E-state index is -0.422. The summed E-state index contributed by atoms with van der Waals surface area (Å²) in [5.41, 5.74) is 2.21. The van der Waals surface area contributed by atoms with E-state index in [1.807, 2.05) is 24.3 Å². The van der Waals surface area contributed by atoms with E-state index in [1.54, 1.807) is 12.1 Å². The number of amides is 1. The first-order valence-corrected chi connectivity index (χ1v) is 9.68. The second-order valence-corrected chi connectivity index (χ2v) is 6.73. The van der Waals surface area contributed by atoms with Crippen LogP contribution in [0.3, 0.4) is 0 Å². The summed E-state index contributed by atoms with van der Waals surface area (Å²) in [4.78, 5) is 35.4. The number of carbonyl (C=O) groups is 3. The van der Waals surface area contributed by atoms with Gasteiger partial charge in [-0.1, -0.05) is 50.5 Å². The van der Waals surface area contributed by atoms with Crippen LogP contribution in [0.25, 0.3) is 0 Å². The molecule has 0 unspecified atom stereocenters. The number of benzene rings is 2. The highest BCUT2D eigenvalue weighted by Gasteiger charge is 2.10. The molecule has 0 atom stereocenters. The zero-order valence-electron chi connectivity index (χ0n) is 16.5. The maximum atomic E-state index is 12.3. The summed E-state index contributed by atoms with van der Waals surface area (Å²) < 4.78 is 4.93. The lowest BCUT2D eigenvalue weighted by Crippen LogP contribution is -2.29. The molecule has 5 nitrogen and oxygen atoms in total. The summed E-state index contributed by atoms with van der Waals surface area (Å²) in [6, 6.07) is 13.8. The maximum absolute atomic E-state index is 12.3. The molecule has 0 bridgehead atoms. The molecule has 0 fully saturated rings. The average Bonchev–Trinajstić information content (AvgIpc) is 2.70. The largest absolute Gasteiger partial charge is 0.427 e. The molecule has 0 aromatic heterocycles. The molecule has 0 radical (unpaired) electrons. The Balaban J connectivity index is 1.82. The highest BCUT2D eigenvalue weighted by molar-refractivity contribution is 6.02. The Morgan fingerprint density at radius 2 is 1.50 bits per heavy atom. The van der Waals surface area contributed by atoms with Crippen LogP contribution in [0.1, 0.15) is 65.8 Å². The SMILES string of the molecule is CCCCCCc1ccc(C(=O)CNC(=O)c2ccc(OC(C)=O)cc2)cc1. The number of aryl methyl sites for hydroxylation is 1. The van der Waals surface area contributed by atoms with Crippen molar-refractivity contribution >= 4 is 17.7 Å². The Labute approximate surface area is 166 Å². The van der Waals surface area contributed by atoms with Crippen molar-refractivity contribution in [2.75, 3.05) is 6.54 Å². The van der Waals surface area contributed by atoms with Gasteiger partial charge < -0.3 is 10.1 Å². The van der Waals surface area contributed by atoms with Crippen LogP contribution in [0, 0.1) is 0 Å². The normalized spacial score (nSPS) is 10.4. The van der Waals surface area contributed by atoms with E-state index in [1.165, 1.54) is 43.9 Å². The van der Waals surface area contributed by atoms with Gasteiger partial charge in [-0.15, -0.1) is 0 Å². The Morgan fingerprint density at radius 1 is 0.857 bits per heavy atom. The molecule has 148 valence electrons. The van der Waals surface area contributed by atoms with E-state index < -0.39 is 5.97 Å². The van der Waals surface area contributed by atoms with Crippen LogP contribution in [-0.2, 0) is 11.2 Å². The van der Waals surface area contributed by atoms with Gasteiger partial charge in [0, 0.05) is 18.1 Å². The number of hydrogen-bond donors (Lipinski definition) is 1. The molecule has 0 heterocycles. The second-order valence-electron chi connectivity index (χ2n) is 6.73. The van der Waals surface area contributed by atoms with E-state index in [4.69, 9.17) is 4.74 Å². The first-order valence-electron chi connectivity index (χ1n) is 9.68. The molecule has 0 aliphatic carbocycles. The van der Waals surface area contributed by atoms with Crippen molar-refractivity contribution in [3.05, 3.63) is 65.2 Å². The minimum absolute atomic E-state index is 0.0691. The third-order valence-corrected chi connectivity index (χ3v) is 4.38. The number of esters is 1. The summed E-state index contributed by atoms with van der Waals surface area (Å²) >= 11 is 0. The number of nitrogens with one attached hydrogen (secondary N) is 1. The fraction of sp³-hybridized carbons (Fsp3) is 0.348. The number of unbranched alkanes of at least 4 members (excludes halogenated alkanes) is 3. The van der Waals surface area contributed by atoms with Gasteiger partial charge in [-0.25, -0.2) is 0 Å². The lowest BCUT2D eigenvalue weighted by molar-refractivity contribution is -0.131. The van der Waals surface area contributed by atoms with Gasteiger partial charge in [0.05, 0.1) is 6.54 Å². The van der Waals surface area contributed by atoms with E-state index in [9.17, 15) is 14.4 Å². The molecule has 2 aromatic carbocycles. The van der Waals surface area contributed by atoms with Crippen molar-refractivity contribution in [2.45, 2.75) is 46.0 Å². The molecule has 0 saturated heterocycles. The van der Waals surface area contributed by atoms with Crippen molar-refractivity contribution in [2.24, 2.45) is 0 Å². The van der Waals surface area contributed by atoms with Crippen molar-refractivity contribution < 1.29 is 19.1 Å². The average molecular weight is 381 g/mol. The van der Waals surface area contributed by atoms with E-state index in [0.29, 0.717) is 16.9 Å². The molecule has 1 N–H and O–H groups in total. The van der Waals surface area contributed by atoms with Gasteiger partial charge in [0.25, 0.3) is 5.91 Å². The quantitative estimate of drug-likeness (QED) is 0.287. The lowest BCUT2D eigenvalue weighted by Gasteiger charge is -2.07. The molecule has 0 aliphatic rings. The highest BCUT2D eigenvalue weighted by Crippen LogP contribution is 2.13. The first kappa shape index (κ1) is 21.4. The van der Waals surface area contributed by atoms with Gasteiger partial charge in [-0.05, 0) is 42.7 Å². The maximum Gasteiger partial charge on any atom is 0.308 e. The molecule has 5 heteroatoms. The van der Waals surface area contributed by atoms with Crippen molar-refractivity contribution in [1.82, 2.24) is 5.32 Å². The van der Waals surface area contributed by atoms with Crippen molar-refractivity contribution in [3.63, 3.8) is 0 Å². The van der Waals surface area contributed by atoms with Gasteiger partial charge >= 0.3 is 5.97 Å². The van der Waals surface area contributed by atoms with Crippen molar-refractivity contribution in [3.8, 4) is 5.75 Å². The number of ketones is 1. The summed E-state index contributed by atoms with van der Waals surface area (Å²) in [6.07, 6.45) is 5.88. The number of Topliss-reactive ketones (excluding diaryl/α,β-unsaturated/α-hetero) is 1. The third kappa shape index (κ3) is 6.99. The zero-order chi connectivity index (χ0) is 20.4. The fourth-order valence-corrected chi connectivity index (χ4v) is 2.82. The molecule has 0 aliphatic heterocycles. The predicted molar refractivity (Wildman–Crippen MR) is 109 cm³/mol. The second kappa shape index (κ2) is 11.0. The standard InChI is InChI=1S/C23H27NO4/c1-3-4-5-6-7-18-8-10-19(11-9-18)22(26)16-24-23(27)20-12-14-21(15-13-20)28-17(2)25/h8-15H,3-7,16H2,1-2H3,(H,24,27). The van der Waals surface area contributed by atoms with Gasteiger partial charge in [-0.2, -0.15) is 0 Å². The van der Waals surface area contributed by atoms with E-state index >= 15 is 0 Å². The Morgan fingerprint density at radius 3 is 2.11 bits per heavy atom. The molecule has 2 rings (SSSR count). The van der Waals surface area contributed by atoms with Gasteiger partial charge in [0.1, 0.15) is 5.75 Å². The predicted octanol–water partition coefficient (Wildman–Crippen LogP) is 4.35. The molecular weight excluding hydrogens is 354 g/mol. The van der Waals surface area contributed by atoms with E-state index in [-0.39, 0.29) is 18.2 Å². The Bertz CT molecular complexity index is 794. The molecule has 2 aromatic rings. The summed E-state index contributed by atoms with van der Waals surface area (Å²) in [6.45, 7) is 3.43. The summed E-state index contributed by atoms with van der Waals surface area (Å²) in [7, 11) is 0. The Hall–Kier alpha value is -2.95. The molecule has 1 amide bonds.